The predicted octanol–water partition coefficient (Wildman–Crippen LogP) is 2.27. The Morgan fingerprint density at radius 3 is 2.59 bits per heavy atom. The van der Waals surface area contributed by atoms with Gasteiger partial charge in [-0.2, -0.15) is 0 Å². The van der Waals surface area contributed by atoms with Crippen molar-refractivity contribution >= 4 is 5.78 Å². The first-order valence-electron chi connectivity index (χ1n) is 6.05. The molecule has 1 aliphatic heterocycles. The van der Waals surface area contributed by atoms with Crippen LogP contribution in [0.3, 0.4) is 0 Å². The molecule has 0 spiro atoms. The number of methoxy groups -OCH3 is 1. The highest BCUT2D eigenvalue weighted by Crippen LogP contribution is 2.30. The van der Waals surface area contributed by atoms with E-state index >= 15 is 0 Å². The molecule has 3 nitrogen and oxygen atoms in total. The molecule has 0 bridgehead atoms. The highest BCUT2D eigenvalue weighted by molar-refractivity contribution is 6.00. The predicted molar refractivity (Wildman–Crippen MR) is 67.5 cm³/mol. The van der Waals surface area contributed by atoms with Gasteiger partial charge in [0.1, 0.15) is 5.75 Å². The maximum atomic E-state index is 12.4. The van der Waals surface area contributed by atoms with E-state index in [2.05, 4.69) is 5.32 Å². The minimum Gasteiger partial charge on any atom is -0.497 e. The number of rotatable bonds is 3. The summed E-state index contributed by atoms with van der Waals surface area (Å²) < 4.78 is 5.10. The van der Waals surface area contributed by atoms with Crippen LogP contribution in [0.2, 0.25) is 0 Å². The Morgan fingerprint density at radius 1 is 1.35 bits per heavy atom. The zero-order valence-corrected chi connectivity index (χ0v) is 10.5. The van der Waals surface area contributed by atoms with Crippen molar-refractivity contribution in [1.29, 1.82) is 0 Å². The number of ketones is 1. The summed E-state index contributed by atoms with van der Waals surface area (Å²) in [6.07, 6.45) is 2.03. The van der Waals surface area contributed by atoms with E-state index in [-0.39, 0.29) is 11.2 Å². The number of carbonyl (C=O) groups excluding carboxylic acids is 1. The largest absolute Gasteiger partial charge is 0.497 e. The van der Waals surface area contributed by atoms with Crippen LogP contribution in [0, 0.1) is 5.41 Å². The van der Waals surface area contributed by atoms with Gasteiger partial charge in [-0.1, -0.05) is 6.92 Å². The van der Waals surface area contributed by atoms with Crippen molar-refractivity contribution in [3.8, 4) is 5.75 Å². The molecule has 1 aliphatic rings. The van der Waals surface area contributed by atoms with Crippen LogP contribution in [-0.2, 0) is 0 Å². The van der Waals surface area contributed by atoms with Gasteiger partial charge in [0.05, 0.1) is 7.11 Å². The molecule has 2 rings (SSSR count). The number of ether oxygens (including phenoxy) is 1. The Bertz CT molecular complexity index is 391. The summed E-state index contributed by atoms with van der Waals surface area (Å²) in [6.45, 7) is 3.84. The van der Waals surface area contributed by atoms with Crippen LogP contribution in [-0.4, -0.2) is 26.0 Å². The molecule has 0 saturated carbocycles. The number of Topliss-reactive ketones (excluding diaryl/α,β-unsaturated/α-hetero) is 1. The third-order valence-corrected chi connectivity index (χ3v) is 3.50. The molecule has 17 heavy (non-hydrogen) atoms. The summed E-state index contributed by atoms with van der Waals surface area (Å²) in [5.41, 5.74) is 0.518. The molecule has 0 aromatic heterocycles. The number of hydrogen-bond donors (Lipinski definition) is 1. The topological polar surface area (TPSA) is 38.3 Å². The van der Waals surface area contributed by atoms with Crippen molar-refractivity contribution in [2.45, 2.75) is 19.8 Å². The molecule has 1 heterocycles. The summed E-state index contributed by atoms with van der Waals surface area (Å²) in [4.78, 5) is 12.4. The summed E-state index contributed by atoms with van der Waals surface area (Å²) in [5, 5.41) is 3.30. The molecule has 1 atom stereocenters. The van der Waals surface area contributed by atoms with E-state index in [1.807, 2.05) is 31.2 Å². The second kappa shape index (κ2) is 4.88. The Labute approximate surface area is 102 Å². The number of piperidine rings is 1. The van der Waals surface area contributed by atoms with Gasteiger partial charge in [-0.15, -0.1) is 0 Å². The Hall–Kier alpha value is -1.35. The molecule has 3 heteroatoms. The highest BCUT2D eigenvalue weighted by Gasteiger charge is 2.34. The van der Waals surface area contributed by atoms with Gasteiger partial charge in [-0.25, -0.2) is 0 Å². The third-order valence-electron chi connectivity index (χ3n) is 3.50. The second-order valence-corrected chi connectivity index (χ2v) is 4.90. The molecule has 0 amide bonds. The maximum Gasteiger partial charge on any atom is 0.169 e. The number of hydrogen-bond acceptors (Lipinski definition) is 3. The molecule has 0 radical (unpaired) electrons. The van der Waals surface area contributed by atoms with E-state index in [4.69, 9.17) is 4.74 Å². The van der Waals surface area contributed by atoms with Gasteiger partial charge in [0.2, 0.25) is 0 Å². The van der Waals surface area contributed by atoms with E-state index in [9.17, 15) is 4.79 Å². The number of nitrogens with one attached hydrogen (secondary N) is 1. The number of carbonyl (C=O) groups is 1. The van der Waals surface area contributed by atoms with E-state index in [0.717, 1.165) is 37.2 Å². The van der Waals surface area contributed by atoms with E-state index in [1.165, 1.54) is 0 Å². The lowest BCUT2D eigenvalue weighted by molar-refractivity contribution is 0.0773. The quantitative estimate of drug-likeness (QED) is 0.814. The normalized spacial score (nSPS) is 24.4. The molecule has 1 aromatic carbocycles. The Morgan fingerprint density at radius 2 is 2.06 bits per heavy atom. The smallest absolute Gasteiger partial charge is 0.169 e. The maximum absolute atomic E-state index is 12.4. The average Bonchev–Trinajstić information content (AvgIpc) is 2.39. The standard InChI is InChI=1S/C14H19NO2/c1-14(8-3-9-15-10-14)13(16)11-4-6-12(17-2)7-5-11/h4-7,15H,3,8-10H2,1-2H3. The third kappa shape index (κ3) is 2.50. The molecule has 1 fully saturated rings. The van der Waals surface area contributed by atoms with Gasteiger partial charge in [0.15, 0.2) is 5.78 Å². The number of benzene rings is 1. The van der Waals surface area contributed by atoms with Crippen molar-refractivity contribution in [1.82, 2.24) is 5.32 Å². The second-order valence-electron chi connectivity index (χ2n) is 4.90. The van der Waals surface area contributed by atoms with Gasteiger partial charge in [0.25, 0.3) is 0 Å². The molecule has 1 aromatic rings. The van der Waals surface area contributed by atoms with Crippen LogP contribution >= 0.6 is 0 Å². The van der Waals surface area contributed by atoms with Crippen molar-refractivity contribution in [3.63, 3.8) is 0 Å². The molecule has 1 unspecified atom stereocenters. The fourth-order valence-corrected chi connectivity index (χ4v) is 2.34. The summed E-state index contributed by atoms with van der Waals surface area (Å²) >= 11 is 0. The summed E-state index contributed by atoms with van der Waals surface area (Å²) in [6, 6.07) is 7.38. The van der Waals surface area contributed by atoms with Crippen molar-refractivity contribution in [2.75, 3.05) is 20.2 Å². The minimum absolute atomic E-state index is 0.229. The average molecular weight is 233 g/mol. The zero-order chi connectivity index (χ0) is 12.3. The molecule has 0 aliphatic carbocycles. The lowest BCUT2D eigenvalue weighted by atomic mass is 9.76. The first-order valence-corrected chi connectivity index (χ1v) is 6.05. The molecular weight excluding hydrogens is 214 g/mol. The van der Waals surface area contributed by atoms with Crippen LogP contribution in [0.4, 0.5) is 0 Å². The van der Waals surface area contributed by atoms with E-state index in [1.54, 1.807) is 7.11 Å². The van der Waals surface area contributed by atoms with E-state index < -0.39 is 0 Å². The molecule has 1 saturated heterocycles. The summed E-state index contributed by atoms with van der Waals surface area (Å²) in [5.74, 6) is 1.01. The van der Waals surface area contributed by atoms with Gasteiger partial charge >= 0.3 is 0 Å². The van der Waals surface area contributed by atoms with Gasteiger partial charge in [-0.3, -0.25) is 4.79 Å². The van der Waals surface area contributed by atoms with E-state index in [0.29, 0.717) is 0 Å². The van der Waals surface area contributed by atoms with Crippen LogP contribution < -0.4 is 10.1 Å². The van der Waals surface area contributed by atoms with Gasteiger partial charge < -0.3 is 10.1 Å². The fraction of sp³-hybridized carbons (Fsp3) is 0.500. The lowest BCUT2D eigenvalue weighted by Gasteiger charge is -2.32. The minimum atomic E-state index is -0.257. The molecule has 92 valence electrons. The zero-order valence-electron chi connectivity index (χ0n) is 10.5. The lowest BCUT2D eigenvalue weighted by Crippen LogP contribution is -2.43. The SMILES string of the molecule is COc1ccc(C(=O)C2(C)CCCNC2)cc1. The highest BCUT2D eigenvalue weighted by atomic mass is 16.5. The molecular formula is C14H19NO2. The Kier molecular flexibility index (Phi) is 3.48. The monoisotopic (exact) mass is 233 g/mol. The van der Waals surface area contributed by atoms with Gasteiger partial charge in [-0.05, 0) is 43.7 Å². The first kappa shape index (κ1) is 12.1. The van der Waals surface area contributed by atoms with Crippen LogP contribution in [0.5, 0.6) is 5.75 Å². The van der Waals surface area contributed by atoms with Gasteiger partial charge in [0, 0.05) is 17.5 Å². The van der Waals surface area contributed by atoms with Crippen LogP contribution in [0.15, 0.2) is 24.3 Å². The van der Waals surface area contributed by atoms with Crippen molar-refractivity contribution < 1.29 is 9.53 Å². The fourth-order valence-electron chi connectivity index (χ4n) is 2.34. The van der Waals surface area contributed by atoms with Crippen molar-refractivity contribution in [2.24, 2.45) is 5.41 Å². The summed E-state index contributed by atoms with van der Waals surface area (Å²) in [7, 11) is 1.63. The Balaban J connectivity index is 2.17. The van der Waals surface area contributed by atoms with Crippen molar-refractivity contribution in [3.05, 3.63) is 29.8 Å². The molecule has 1 N–H and O–H groups in total. The van der Waals surface area contributed by atoms with Crippen LogP contribution in [0.1, 0.15) is 30.1 Å². The first-order chi connectivity index (χ1) is 8.15. The van der Waals surface area contributed by atoms with Crippen LogP contribution in [0.25, 0.3) is 0 Å².